The summed E-state index contributed by atoms with van der Waals surface area (Å²) in [5, 5.41) is 0. The van der Waals surface area contributed by atoms with Gasteiger partial charge in [-0.1, -0.05) is 6.58 Å². The van der Waals surface area contributed by atoms with Gasteiger partial charge in [-0.25, -0.2) is 0 Å². The topological polar surface area (TPSA) is 39.2 Å². The lowest BCUT2D eigenvalue weighted by atomic mass is 10.4. The number of hydrogen-bond acceptors (Lipinski definition) is 2. The van der Waals surface area contributed by atoms with Crippen LogP contribution < -0.4 is 5.73 Å². The Balaban J connectivity index is 2.86. The Hall–Kier alpha value is -1.02. The second-order valence-electron chi connectivity index (χ2n) is 1.71. The van der Waals surface area contributed by atoms with Crippen molar-refractivity contribution >= 4 is 6.08 Å². The fourth-order valence-corrected chi connectivity index (χ4v) is 0.614. The van der Waals surface area contributed by atoms with E-state index in [9.17, 15) is 0 Å². The lowest BCUT2D eigenvalue weighted by Crippen LogP contribution is -1.92. The van der Waals surface area contributed by atoms with Crippen molar-refractivity contribution in [3.05, 3.63) is 30.2 Å². The quantitative estimate of drug-likeness (QED) is 0.645. The van der Waals surface area contributed by atoms with Gasteiger partial charge in [-0.05, 0) is 18.2 Å². The Kier molecular flexibility index (Phi) is 1.70. The van der Waals surface area contributed by atoms with Crippen LogP contribution in [0.15, 0.2) is 23.1 Å². The van der Waals surface area contributed by atoms with Crippen molar-refractivity contribution in [2.45, 2.75) is 6.54 Å². The van der Waals surface area contributed by atoms with Crippen LogP contribution in [-0.2, 0) is 6.54 Å². The lowest BCUT2D eigenvalue weighted by molar-refractivity contribution is 0.504. The lowest BCUT2D eigenvalue weighted by Gasteiger charge is -1.84. The minimum absolute atomic E-state index is 0.452. The third-order valence-corrected chi connectivity index (χ3v) is 1.08. The van der Waals surface area contributed by atoms with Gasteiger partial charge in [-0.15, -0.1) is 0 Å². The van der Waals surface area contributed by atoms with Crippen molar-refractivity contribution in [3.63, 3.8) is 0 Å². The van der Waals surface area contributed by atoms with E-state index >= 15 is 0 Å². The SMILES string of the molecule is C=Cc1ccc(CN)o1. The number of furan rings is 1. The summed E-state index contributed by atoms with van der Waals surface area (Å²) in [6.07, 6.45) is 1.65. The van der Waals surface area contributed by atoms with E-state index in [1.165, 1.54) is 0 Å². The van der Waals surface area contributed by atoms with E-state index in [-0.39, 0.29) is 0 Å². The Morgan fingerprint density at radius 1 is 1.67 bits per heavy atom. The molecule has 0 saturated heterocycles. The van der Waals surface area contributed by atoms with Crippen LogP contribution in [0.3, 0.4) is 0 Å². The zero-order chi connectivity index (χ0) is 6.69. The van der Waals surface area contributed by atoms with E-state index in [1.807, 2.05) is 12.1 Å². The normalized spacial score (nSPS) is 9.44. The van der Waals surface area contributed by atoms with Gasteiger partial charge in [0.25, 0.3) is 0 Å². The highest BCUT2D eigenvalue weighted by Gasteiger charge is 1.93. The van der Waals surface area contributed by atoms with Crippen LogP contribution in [0.4, 0.5) is 0 Å². The van der Waals surface area contributed by atoms with Crippen molar-refractivity contribution < 1.29 is 4.42 Å². The van der Waals surface area contributed by atoms with Gasteiger partial charge in [-0.2, -0.15) is 0 Å². The van der Waals surface area contributed by atoms with E-state index in [4.69, 9.17) is 10.2 Å². The first-order valence-corrected chi connectivity index (χ1v) is 2.78. The molecule has 2 nitrogen and oxygen atoms in total. The van der Waals surface area contributed by atoms with Gasteiger partial charge in [0.15, 0.2) is 0 Å². The summed E-state index contributed by atoms with van der Waals surface area (Å²) in [6, 6.07) is 3.69. The zero-order valence-corrected chi connectivity index (χ0v) is 5.13. The third-order valence-electron chi connectivity index (χ3n) is 1.08. The van der Waals surface area contributed by atoms with Crippen LogP contribution in [0.1, 0.15) is 11.5 Å². The first-order valence-electron chi connectivity index (χ1n) is 2.78. The average molecular weight is 123 g/mol. The summed E-state index contributed by atoms with van der Waals surface area (Å²) in [7, 11) is 0. The van der Waals surface area contributed by atoms with Crippen molar-refractivity contribution in [2.75, 3.05) is 0 Å². The Morgan fingerprint density at radius 2 is 2.44 bits per heavy atom. The fourth-order valence-electron chi connectivity index (χ4n) is 0.614. The summed E-state index contributed by atoms with van der Waals surface area (Å²) >= 11 is 0. The number of hydrogen-bond donors (Lipinski definition) is 1. The fraction of sp³-hybridized carbons (Fsp3) is 0.143. The molecule has 0 aliphatic heterocycles. The standard InChI is InChI=1S/C7H9NO/c1-2-6-3-4-7(5-8)9-6/h2-4H,1,5,8H2. The molecule has 1 heterocycles. The maximum absolute atomic E-state index is 5.29. The molecule has 0 saturated carbocycles. The summed E-state index contributed by atoms with van der Waals surface area (Å²) < 4.78 is 5.14. The van der Waals surface area contributed by atoms with Gasteiger partial charge in [-0.3, -0.25) is 0 Å². The largest absolute Gasteiger partial charge is 0.460 e. The molecule has 0 radical (unpaired) electrons. The maximum Gasteiger partial charge on any atom is 0.126 e. The highest BCUT2D eigenvalue weighted by atomic mass is 16.3. The molecule has 0 bridgehead atoms. The average Bonchev–Trinajstić information content (AvgIpc) is 2.34. The molecule has 1 aromatic heterocycles. The minimum atomic E-state index is 0.452. The molecular weight excluding hydrogens is 114 g/mol. The van der Waals surface area contributed by atoms with E-state index < -0.39 is 0 Å². The highest BCUT2D eigenvalue weighted by Crippen LogP contribution is 2.06. The van der Waals surface area contributed by atoms with Crippen LogP contribution in [0.2, 0.25) is 0 Å². The molecule has 0 fully saturated rings. The third kappa shape index (κ3) is 1.21. The van der Waals surface area contributed by atoms with Crippen molar-refractivity contribution in [3.8, 4) is 0 Å². The molecule has 2 heteroatoms. The maximum atomic E-state index is 5.29. The van der Waals surface area contributed by atoms with Gasteiger partial charge < -0.3 is 10.2 Å². The summed E-state index contributed by atoms with van der Waals surface area (Å²) in [6.45, 7) is 4.00. The first-order chi connectivity index (χ1) is 4.36. The Labute approximate surface area is 54.0 Å². The van der Waals surface area contributed by atoms with Crippen LogP contribution >= 0.6 is 0 Å². The molecular formula is C7H9NO. The van der Waals surface area contributed by atoms with Crippen LogP contribution in [0.25, 0.3) is 6.08 Å². The molecule has 0 aliphatic rings. The minimum Gasteiger partial charge on any atom is -0.460 e. The Bertz CT molecular complexity index is 202. The molecule has 0 atom stereocenters. The molecule has 9 heavy (non-hydrogen) atoms. The summed E-state index contributed by atoms with van der Waals surface area (Å²) in [5.41, 5.74) is 5.29. The first kappa shape index (κ1) is 6.11. The predicted molar refractivity (Wildman–Crippen MR) is 36.7 cm³/mol. The van der Waals surface area contributed by atoms with Gasteiger partial charge in [0.1, 0.15) is 11.5 Å². The molecule has 1 aromatic rings. The van der Waals surface area contributed by atoms with E-state index in [0.29, 0.717) is 6.54 Å². The number of rotatable bonds is 2. The number of nitrogens with two attached hydrogens (primary N) is 1. The van der Waals surface area contributed by atoms with E-state index in [1.54, 1.807) is 6.08 Å². The van der Waals surface area contributed by atoms with Gasteiger partial charge in [0, 0.05) is 0 Å². The van der Waals surface area contributed by atoms with Crippen LogP contribution in [0.5, 0.6) is 0 Å². The van der Waals surface area contributed by atoms with Gasteiger partial charge >= 0.3 is 0 Å². The smallest absolute Gasteiger partial charge is 0.126 e. The molecule has 0 amide bonds. The van der Waals surface area contributed by atoms with Crippen molar-refractivity contribution in [2.24, 2.45) is 5.73 Å². The molecule has 0 spiro atoms. The van der Waals surface area contributed by atoms with Gasteiger partial charge in [0.05, 0.1) is 6.54 Å². The highest BCUT2D eigenvalue weighted by molar-refractivity contribution is 5.39. The molecule has 0 aliphatic carbocycles. The molecule has 1 rings (SSSR count). The summed E-state index contributed by atoms with van der Waals surface area (Å²) in [5.74, 6) is 1.57. The zero-order valence-electron chi connectivity index (χ0n) is 5.13. The monoisotopic (exact) mass is 123 g/mol. The molecule has 2 N–H and O–H groups in total. The second-order valence-corrected chi connectivity index (χ2v) is 1.71. The summed E-state index contributed by atoms with van der Waals surface area (Å²) in [4.78, 5) is 0. The van der Waals surface area contributed by atoms with Gasteiger partial charge in [0.2, 0.25) is 0 Å². The molecule has 0 unspecified atom stereocenters. The Morgan fingerprint density at radius 3 is 2.78 bits per heavy atom. The van der Waals surface area contributed by atoms with Crippen LogP contribution in [-0.4, -0.2) is 0 Å². The van der Waals surface area contributed by atoms with E-state index in [0.717, 1.165) is 11.5 Å². The second kappa shape index (κ2) is 2.51. The molecule has 0 aromatic carbocycles. The predicted octanol–water partition coefficient (Wildman–Crippen LogP) is 1.38. The molecule has 48 valence electrons. The van der Waals surface area contributed by atoms with E-state index in [2.05, 4.69) is 6.58 Å². The van der Waals surface area contributed by atoms with Crippen molar-refractivity contribution in [1.82, 2.24) is 0 Å². The van der Waals surface area contributed by atoms with Crippen LogP contribution in [0, 0.1) is 0 Å². The van der Waals surface area contributed by atoms with Crippen molar-refractivity contribution in [1.29, 1.82) is 0 Å².